The Morgan fingerprint density at radius 2 is 2.00 bits per heavy atom. The Morgan fingerprint density at radius 1 is 1.24 bits per heavy atom. The van der Waals surface area contributed by atoms with E-state index in [9.17, 15) is 14.7 Å². The maximum atomic E-state index is 12.3. The van der Waals surface area contributed by atoms with Gasteiger partial charge in [-0.25, -0.2) is 0 Å². The summed E-state index contributed by atoms with van der Waals surface area (Å²) >= 11 is 0. The minimum Gasteiger partial charge on any atom is -0.481 e. The highest BCUT2D eigenvalue weighted by Crippen LogP contribution is 2.43. The number of aliphatic carboxylic acids is 1. The number of carbonyl (C=O) groups is 2. The van der Waals surface area contributed by atoms with Gasteiger partial charge in [0.2, 0.25) is 5.91 Å². The smallest absolute Gasteiger partial charge is 0.310 e. The van der Waals surface area contributed by atoms with Crippen molar-refractivity contribution in [2.45, 2.75) is 57.2 Å². The van der Waals surface area contributed by atoms with Gasteiger partial charge in [0, 0.05) is 6.54 Å². The van der Waals surface area contributed by atoms with Gasteiger partial charge in [-0.3, -0.25) is 9.59 Å². The van der Waals surface area contributed by atoms with Crippen LogP contribution in [0.25, 0.3) is 0 Å². The summed E-state index contributed by atoms with van der Waals surface area (Å²) < 4.78 is 5.62. The molecule has 2 N–H and O–H groups in total. The van der Waals surface area contributed by atoms with E-state index in [1.807, 2.05) is 0 Å². The molecule has 5 heteroatoms. The molecule has 0 saturated carbocycles. The molecule has 2 saturated heterocycles. The highest BCUT2D eigenvalue weighted by molar-refractivity contribution is 5.86. The number of carboxylic acid groups (broad SMARTS) is 1. The molecule has 0 aromatic heterocycles. The topological polar surface area (TPSA) is 75.6 Å². The summed E-state index contributed by atoms with van der Waals surface area (Å²) in [6.45, 7) is 0.602. The third-order valence-corrected chi connectivity index (χ3v) is 4.99. The average molecular weight is 293 g/mol. The van der Waals surface area contributed by atoms with Crippen LogP contribution < -0.4 is 5.32 Å². The van der Waals surface area contributed by atoms with Gasteiger partial charge in [-0.1, -0.05) is 11.6 Å². The molecule has 3 aliphatic rings. The molecule has 0 aromatic carbocycles. The molecular formula is C16H23NO4. The molecule has 1 aliphatic carbocycles. The molecule has 21 heavy (non-hydrogen) atoms. The van der Waals surface area contributed by atoms with Crippen LogP contribution in [-0.4, -0.2) is 35.7 Å². The molecule has 1 amide bonds. The van der Waals surface area contributed by atoms with Gasteiger partial charge in [-0.05, 0) is 44.9 Å². The molecule has 0 unspecified atom stereocenters. The Morgan fingerprint density at radius 3 is 2.67 bits per heavy atom. The van der Waals surface area contributed by atoms with Gasteiger partial charge in [-0.15, -0.1) is 0 Å². The number of amides is 1. The van der Waals surface area contributed by atoms with E-state index in [1.165, 1.54) is 18.4 Å². The zero-order chi connectivity index (χ0) is 14.8. The lowest BCUT2D eigenvalue weighted by atomic mass is 9.78. The van der Waals surface area contributed by atoms with Crippen molar-refractivity contribution in [3.05, 3.63) is 11.6 Å². The molecule has 2 bridgehead atoms. The molecule has 116 valence electrons. The van der Waals surface area contributed by atoms with Crippen molar-refractivity contribution in [3.63, 3.8) is 0 Å². The van der Waals surface area contributed by atoms with Crippen LogP contribution in [0.4, 0.5) is 0 Å². The highest BCUT2D eigenvalue weighted by atomic mass is 16.5. The largest absolute Gasteiger partial charge is 0.481 e. The van der Waals surface area contributed by atoms with Crippen molar-refractivity contribution >= 4 is 11.9 Å². The van der Waals surface area contributed by atoms with Gasteiger partial charge in [0.1, 0.15) is 0 Å². The first-order valence-corrected chi connectivity index (χ1v) is 8.00. The monoisotopic (exact) mass is 293 g/mol. The predicted octanol–water partition coefficient (Wildman–Crippen LogP) is 1.87. The van der Waals surface area contributed by atoms with Crippen LogP contribution in [0.2, 0.25) is 0 Å². The average Bonchev–Trinajstić information content (AvgIpc) is 3.08. The number of carboxylic acids is 1. The Kier molecular flexibility index (Phi) is 4.29. The fourth-order valence-corrected chi connectivity index (χ4v) is 3.92. The number of fused-ring (bicyclic) bond motifs is 2. The first-order chi connectivity index (χ1) is 10.2. The Labute approximate surface area is 124 Å². The molecule has 2 aliphatic heterocycles. The number of allylic oxidation sites excluding steroid dienone is 1. The highest BCUT2D eigenvalue weighted by Gasteiger charge is 2.55. The lowest BCUT2D eigenvalue weighted by Gasteiger charge is -2.24. The first kappa shape index (κ1) is 14.6. The molecule has 3 rings (SSSR count). The molecule has 5 nitrogen and oxygen atoms in total. The number of carbonyl (C=O) groups excluding carboxylic acids is 1. The molecule has 4 atom stereocenters. The summed E-state index contributed by atoms with van der Waals surface area (Å²) in [5.74, 6) is -2.23. The molecule has 0 aromatic rings. The predicted molar refractivity (Wildman–Crippen MR) is 76.7 cm³/mol. The van der Waals surface area contributed by atoms with Gasteiger partial charge >= 0.3 is 5.97 Å². The van der Waals surface area contributed by atoms with E-state index in [1.54, 1.807) is 0 Å². The zero-order valence-corrected chi connectivity index (χ0v) is 12.2. The summed E-state index contributed by atoms with van der Waals surface area (Å²) in [5, 5.41) is 12.2. The maximum absolute atomic E-state index is 12.3. The molecular weight excluding hydrogens is 270 g/mol. The van der Waals surface area contributed by atoms with Crippen molar-refractivity contribution in [2.75, 3.05) is 6.54 Å². The minimum atomic E-state index is -0.905. The Bertz CT molecular complexity index is 459. The van der Waals surface area contributed by atoms with Crippen molar-refractivity contribution < 1.29 is 19.4 Å². The van der Waals surface area contributed by atoms with E-state index in [0.29, 0.717) is 6.54 Å². The fourth-order valence-electron chi connectivity index (χ4n) is 3.92. The van der Waals surface area contributed by atoms with Crippen LogP contribution in [0, 0.1) is 11.8 Å². The Balaban J connectivity index is 1.52. The van der Waals surface area contributed by atoms with Crippen LogP contribution in [0.15, 0.2) is 11.6 Å². The SMILES string of the molecule is O=C(O)[C@@H]1[C@H](C(=O)NCCC2=CCCCC2)[C@@H]2CC[C@@H]1O2. The summed E-state index contributed by atoms with van der Waals surface area (Å²) in [5.41, 5.74) is 1.42. The van der Waals surface area contributed by atoms with Crippen LogP contribution in [0.3, 0.4) is 0 Å². The van der Waals surface area contributed by atoms with E-state index in [-0.39, 0.29) is 18.1 Å². The summed E-state index contributed by atoms with van der Waals surface area (Å²) in [6.07, 6.45) is 9.02. The second kappa shape index (κ2) is 6.18. The van der Waals surface area contributed by atoms with E-state index in [4.69, 9.17) is 4.74 Å². The molecule has 2 fully saturated rings. The molecule has 0 spiro atoms. The van der Waals surface area contributed by atoms with E-state index in [0.717, 1.165) is 32.1 Å². The lowest BCUT2D eigenvalue weighted by Crippen LogP contribution is -2.44. The summed E-state index contributed by atoms with van der Waals surface area (Å²) in [4.78, 5) is 23.7. The van der Waals surface area contributed by atoms with Crippen molar-refractivity contribution in [3.8, 4) is 0 Å². The van der Waals surface area contributed by atoms with Gasteiger partial charge in [-0.2, -0.15) is 0 Å². The van der Waals surface area contributed by atoms with Crippen molar-refractivity contribution in [1.29, 1.82) is 0 Å². The van der Waals surface area contributed by atoms with Crippen LogP contribution in [0.5, 0.6) is 0 Å². The van der Waals surface area contributed by atoms with Gasteiger partial charge in [0.05, 0.1) is 24.0 Å². The summed E-state index contributed by atoms with van der Waals surface area (Å²) in [6, 6.07) is 0. The number of nitrogens with one attached hydrogen (secondary N) is 1. The third-order valence-electron chi connectivity index (χ3n) is 4.99. The second-order valence-corrected chi connectivity index (χ2v) is 6.33. The van der Waals surface area contributed by atoms with Crippen molar-refractivity contribution in [1.82, 2.24) is 5.32 Å². The normalized spacial score (nSPS) is 34.6. The lowest BCUT2D eigenvalue weighted by molar-refractivity contribution is -0.147. The molecule has 2 heterocycles. The van der Waals surface area contributed by atoms with E-state index < -0.39 is 17.8 Å². The number of ether oxygens (including phenoxy) is 1. The van der Waals surface area contributed by atoms with E-state index >= 15 is 0 Å². The standard InChI is InChI=1S/C16H23NO4/c18-15(17-9-8-10-4-2-1-3-5-10)13-11-6-7-12(21-11)14(13)16(19)20/h4,11-14H,1-3,5-9H2,(H,17,18)(H,19,20)/t11-,12-,13+,14-/m0/s1. The van der Waals surface area contributed by atoms with Crippen LogP contribution >= 0.6 is 0 Å². The quantitative estimate of drug-likeness (QED) is 0.759. The van der Waals surface area contributed by atoms with Gasteiger partial charge in [0.15, 0.2) is 0 Å². The summed E-state index contributed by atoms with van der Waals surface area (Å²) in [7, 11) is 0. The Hall–Kier alpha value is -1.36. The van der Waals surface area contributed by atoms with Crippen LogP contribution in [-0.2, 0) is 14.3 Å². The third kappa shape index (κ3) is 2.98. The first-order valence-electron chi connectivity index (χ1n) is 8.00. The van der Waals surface area contributed by atoms with E-state index in [2.05, 4.69) is 11.4 Å². The maximum Gasteiger partial charge on any atom is 0.310 e. The van der Waals surface area contributed by atoms with Crippen LogP contribution in [0.1, 0.15) is 44.9 Å². The second-order valence-electron chi connectivity index (χ2n) is 6.33. The zero-order valence-electron chi connectivity index (χ0n) is 12.2. The minimum absolute atomic E-state index is 0.147. The number of hydrogen-bond donors (Lipinski definition) is 2. The van der Waals surface area contributed by atoms with Crippen molar-refractivity contribution in [2.24, 2.45) is 11.8 Å². The molecule has 0 radical (unpaired) electrons. The van der Waals surface area contributed by atoms with Gasteiger partial charge < -0.3 is 15.2 Å². The number of hydrogen-bond acceptors (Lipinski definition) is 3. The fraction of sp³-hybridized carbons (Fsp3) is 0.750. The number of rotatable bonds is 5. The van der Waals surface area contributed by atoms with Gasteiger partial charge in [0.25, 0.3) is 0 Å².